The minimum Gasteiger partial charge on any atom is -0.443 e. The van der Waals surface area contributed by atoms with Crippen LogP contribution in [-0.2, 0) is 9.47 Å². The molecule has 0 fully saturated rings. The number of carbonyl (C=O) groups is 2. The Bertz CT molecular complexity index is 920. The quantitative estimate of drug-likeness (QED) is 0.729. The van der Waals surface area contributed by atoms with E-state index in [1.54, 1.807) is 25.2 Å². The summed E-state index contributed by atoms with van der Waals surface area (Å²) in [5.74, 6) is 0.774. The van der Waals surface area contributed by atoms with Crippen LogP contribution in [0.5, 0.6) is 0 Å². The van der Waals surface area contributed by atoms with Crippen LogP contribution in [0.2, 0.25) is 0 Å². The Hall–Kier alpha value is -2.77. The van der Waals surface area contributed by atoms with E-state index in [2.05, 4.69) is 24.1 Å². The summed E-state index contributed by atoms with van der Waals surface area (Å²) in [6.07, 6.45) is -1.02. The van der Waals surface area contributed by atoms with Gasteiger partial charge >= 0.3 is 12.2 Å². The van der Waals surface area contributed by atoms with Gasteiger partial charge in [-0.15, -0.1) is 0 Å². The average Bonchev–Trinajstić information content (AvgIpc) is 2.93. The molecular formula is C22H34N4O4. The normalized spacial score (nSPS) is 12.2. The van der Waals surface area contributed by atoms with Gasteiger partial charge in [-0.1, -0.05) is 13.8 Å². The topological polar surface area (TPSA) is 85.7 Å². The summed E-state index contributed by atoms with van der Waals surface area (Å²) < 4.78 is 12.4. The summed E-state index contributed by atoms with van der Waals surface area (Å²) >= 11 is 0. The van der Waals surface area contributed by atoms with Gasteiger partial charge in [0, 0.05) is 19.3 Å². The highest BCUT2D eigenvalue weighted by atomic mass is 16.6. The number of benzene rings is 1. The Labute approximate surface area is 178 Å². The number of nitrogens with one attached hydrogen (secondary N) is 1. The first-order chi connectivity index (χ1) is 13.7. The van der Waals surface area contributed by atoms with Crippen LogP contribution >= 0.6 is 0 Å². The van der Waals surface area contributed by atoms with Gasteiger partial charge in [-0.3, -0.25) is 4.90 Å². The molecule has 1 N–H and O–H groups in total. The molecule has 0 aliphatic carbocycles. The molecule has 166 valence electrons. The summed E-state index contributed by atoms with van der Waals surface area (Å²) in [5, 5.41) is 3.22. The Morgan fingerprint density at radius 1 is 1.10 bits per heavy atom. The fourth-order valence-electron chi connectivity index (χ4n) is 2.61. The first-order valence-corrected chi connectivity index (χ1v) is 10.1. The minimum atomic E-state index is -0.659. The molecule has 0 saturated heterocycles. The van der Waals surface area contributed by atoms with Gasteiger partial charge in [0.05, 0.1) is 11.0 Å². The SMILES string of the molecule is CC(C)CNc1nc2ccc(N(C)C(=O)OC(C)(C)C)cc2n1C(=O)OC(C)(C)C. The van der Waals surface area contributed by atoms with E-state index in [1.165, 1.54) is 9.47 Å². The van der Waals surface area contributed by atoms with Gasteiger partial charge in [-0.05, 0) is 65.7 Å². The Morgan fingerprint density at radius 2 is 1.70 bits per heavy atom. The van der Waals surface area contributed by atoms with Crippen molar-refractivity contribution in [1.29, 1.82) is 0 Å². The second-order valence-corrected chi connectivity index (χ2v) is 9.74. The largest absolute Gasteiger partial charge is 0.443 e. The van der Waals surface area contributed by atoms with Crippen LogP contribution in [0.3, 0.4) is 0 Å². The number of imidazole rings is 1. The van der Waals surface area contributed by atoms with Crippen molar-refractivity contribution in [1.82, 2.24) is 9.55 Å². The number of nitrogens with zero attached hydrogens (tertiary/aromatic N) is 3. The van der Waals surface area contributed by atoms with E-state index in [0.717, 1.165) is 0 Å². The summed E-state index contributed by atoms with van der Waals surface area (Å²) in [6, 6.07) is 5.27. The summed E-state index contributed by atoms with van der Waals surface area (Å²) in [6.45, 7) is 15.7. The van der Waals surface area contributed by atoms with Gasteiger partial charge in [0.25, 0.3) is 0 Å². The van der Waals surface area contributed by atoms with Crippen molar-refractivity contribution < 1.29 is 19.1 Å². The Kier molecular flexibility index (Phi) is 6.69. The first kappa shape index (κ1) is 23.5. The molecule has 8 nitrogen and oxygen atoms in total. The molecule has 0 aliphatic rings. The van der Waals surface area contributed by atoms with Gasteiger partial charge in [0.2, 0.25) is 5.95 Å². The number of rotatable bonds is 4. The fraction of sp³-hybridized carbons (Fsp3) is 0.591. The molecule has 0 radical (unpaired) electrons. The van der Waals surface area contributed by atoms with Crippen LogP contribution in [0.1, 0.15) is 55.4 Å². The summed E-state index contributed by atoms with van der Waals surface area (Å²) in [4.78, 5) is 31.4. The van der Waals surface area contributed by atoms with E-state index in [4.69, 9.17) is 9.47 Å². The lowest BCUT2D eigenvalue weighted by Gasteiger charge is -2.24. The highest BCUT2D eigenvalue weighted by Gasteiger charge is 2.25. The van der Waals surface area contributed by atoms with Crippen molar-refractivity contribution in [3.05, 3.63) is 18.2 Å². The molecule has 0 bridgehead atoms. The molecule has 1 aromatic heterocycles. The summed E-state index contributed by atoms with van der Waals surface area (Å²) in [5.41, 5.74) is 0.476. The number of hydrogen-bond donors (Lipinski definition) is 1. The Balaban J connectivity index is 2.50. The molecule has 2 aromatic rings. The summed E-state index contributed by atoms with van der Waals surface area (Å²) in [7, 11) is 1.63. The third-order valence-corrected chi connectivity index (χ3v) is 3.94. The van der Waals surface area contributed by atoms with Crippen LogP contribution in [0.4, 0.5) is 21.2 Å². The van der Waals surface area contributed by atoms with Crippen LogP contribution in [0, 0.1) is 5.92 Å². The van der Waals surface area contributed by atoms with E-state index in [9.17, 15) is 9.59 Å². The number of hydrogen-bond acceptors (Lipinski definition) is 6. The van der Waals surface area contributed by atoms with Gasteiger partial charge in [-0.25, -0.2) is 19.1 Å². The van der Waals surface area contributed by atoms with Crippen molar-refractivity contribution in [2.45, 2.75) is 66.6 Å². The third-order valence-electron chi connectivity index (χ3n) is 3.94. The molecule has 8 heteroatoms. The molecule has 0 spiro atoms. The molecular weight excluding hydrogens is 384 g/mol. The second-order valence-electron chi connectivity index (χ2n) is 9.74. The molecule has 1 aromatic carbocycles. The maximum Gasteiger partial charge on any atom is 0.421 e. The van der Waals surface area contributed by atoms with Gasteiger partial charge in [0.1, 0.15) is 11.2 Å². The molecule has 30 heavy (non-hydrogen) atoms. The molecule has 1 heterocycles. The maximum atomic E-state index is 13.0. The van der Waals surface area contributed by atoms with Crippen molar-refractivity contribution >= 4 is 34.9 Å². The predicted octanol–water partition coefficient (Wildman–Crippen LogP) is 5.26. The lowest BCUT2D eigenvalue weighted by atomic mass is 10.2. The smallest absolute Gasteiger partial charge is 0.421 e. The Morgan fingerprint density at radius 3 is 2.23 bits per heavy atom. The van der Waals surface area contributed by atoms with Crippen molar-refractivity contribution in [3.63, 3.8) is 0 Å². The lowest BCUT2D eigenvalue weighted by molar-refractivity contribution is 0.0545. The molecule has 1 amide bonds. The number of fused-ring (bicyclic) bond motifs is 1. The number of anilines is 2. The molecule has 0 atom stereocenters. The number of carbonyl (C=O) groups excluding carboxylic acids is 2. The van der Waals surface area contributed by atoms with Gasteiger partial charge in [0.15, 0.2) is 0 Å². The monoisotopic (exact) mass is 418 g/mol. The standard InChI is InChI=1S/C22H34N4O4/c1-14(2)13-23-18-24-16-11-10-15(25(9)19(27)29-21(3,4)5)12-17(16)26(18)20(28)30-22(6,7)8/h10-12,14H,13H2,1-9H3,(H,23,24). The zero-order chi connectivity index (χ0) is 22.9. The number of ether oxygens (including phenoxy) is 2. The van der Waals surface area contributed by atoms with Crippen molar-refractivity contribution in [2.24, 2.45) is 5.92 Å². The minimum absolute atomic E-state index is 0.366. The fourth-order valence-corrected chi connectivity index (χ4v) is 2.61. The van der Waals surface area contributed by atoms with Gasteiger partial charge in [-0.2, -0.15) is 0 Å². The molecule has 0 unspecified atom stereocenters. The highest BCUT2D eigenvalue weighted by Crippen LogP contribution is 2.27. The van der Waals surface area contributed by atoms with E-state index >= 15 is 0 Å². The maximum absolute atomic E-state index is 13.0. The number of aromatic nitrogens is 2. The van der Waals surface area contributed by atoms with Crippen molar-refractivity contribution in [3.8, 4) is 0 Å². The zero-order valence-electron chi connectivity index (χ0n) is 19.5. The van der Waals surface area contributed by atoms with E-state index in [1.807, 2.05) is 41.5 Å². The number of amides is 1. The molecule has 0 saturated carbocycles. The van der Waals surface area contributed by atoms with Crippen LogP contribution in [0.25, 0.3) is 11.0 Å². The lowest BCUT2D eigenvalue weighted by Crippen LogP contribution is -2.34. The van der Waals surface area contributed by atoms with Crippen LogP contribution in [-0.4, -0.2) is 46.5 Å². The van der Waals surface area contributed by atoms with Crippen molar-refractivity contribution in [2.75, 3.05) is 23.8 Å². The zero-order valence-corrected chi connectivity index (χ0v) is 19.5. The van der Waals surface area contributed by atoms with Gasteiger partial charge < -0.3 is 14.8 Å². The predicted molar refractivity (Wildman–Crippen MR) is 119 cm³/mol. The first-order valence-electron chi connectivity index (χ1n) is 10.1. The average molecular weight is 419 g/mol. The van der Waals surface area contributed by atoms with Crippen LogP contribution in [0.15, 0.2) is 18.2 Å². The molecule has 2 rings (SSSR count). The van der Waals surface area contributed by atoms with E-state index < -0.39 is 23.4 Å². The van der Waals surface area contributed by atoms with E-state index in [-0.39, 0.29) is 0 Å². The van der Waals surface area contributed by atoms with Crippen LogP contribution < -0.4 is 10.2 Å². The third kappa shape index (κ3) is 6.11. The second kappa shape index (κ2) is 8.53. The van der Waals surface area contributed by atoms with E-state index in [0.29, 0.717) is 35.1 Å². The molecule has 0 aliphatic heterocycles. The highest BCUT2D eigenvalue weighted by molar-refractivity contribution is 5.95.